The zero-order chi connectivity index (χ0) is 10.6. The second kappa shape index (κ2) is 4.27. The molecule has 0 radical (unpaired) electrons. The number of aliphatic imine (C=N–C) groups is 1. The number of nitrogens with zero attached hydrogens (tertiary/aromatic N) is 1. The summed E-state index contributed by atoms with van der Waals surface area (Å²) in [5.41, 5.74) is 12.3. The number of hydrogen-bond donors (Lipinski definition) is 3. The number of hydrogen-bond acceptors (Lipinski definition) is 3. The number of carbonyl (C=O) groups excluding carboxylic acids is 1. The van der Waals surface area contributed by atoms with Gasteiger partial charge in [0.1, 0.15) is 0 Å². The monoisotopic (exact) mass is 192 g/mol. The Hall–Kier alpha value is -2.04. The van der Waals surface area contributed by atoms with Gasteiger partial charge in [0.05, 0.1) is 6.34 Å². The predicted molar refractivity (Wildman–Crippen MR) is 57.4 cm³/mol. The van der Waals surface area contributed by atoms with Crippen LogP contribution in [0.15, 0.2) is 23.2 Å². The molecule has 14 heavy (non-hydrogen) atoms. The van der Waals surface area contributed by atoms with Gasteiger partial charge in [0.2, 0.25) is 0 Å². The fourth-order valence-electron chi connectivity index (χ4n) is 1.06. The third-order valence-corrected chi connectivity index (χ3v) is 1.68. The number of carbonyl (C=O) groups is 1. The van der Waals surface area contributed by atoms with Gasteiger partial charge < -0.3 is 16.8 Å². The van der Waals surface area contributed by atoms with Crippen LogP contribution in [0.4, 0.5) is 11.4 Å². The van der Waals surface area contributed by atoms with Crippen molar-refractivity contribution in [2.24, 2.45) is 10.7 Å². The molecule has 0 fully saturated rings. The summed E-state index contributed by atoms with van der Waals surface area (Å²) in [6.45, 7) is 0. The Labute approximate surface area is 81.8 Å². The van der Waals surface area contributed by atoms with Gasteiger partial charge in [-0.1, -0.05) is 0 Å². The van der Waals surface area contributed by atoms with Gasteiger partial charge in [-0.2, -0.15) is 4.99 Å². The standard InChI is InChI=1S/C9H12N4O/c1-12-8-3-6(2-7(11)4-8)9(14)13-5-10/h2-5,12H,11H2,1H3,(H2,10,13,14). The topological polar surface area (TPSA) is 93.5 Å². The van der Waals surface area contributed by atoms with Crippen molar-refractivity contribution in [3.8, 4) is 0 Å². The minimum absolute atomic E-state index is 0.406. The zero-order valence-electron chi connectivity index (χ0n) is 7.82. The molecule has 0 bridgehead atoms. The van der Waals surface area contributed by atoms with Crippen molar-refractivity contribution >= 4 is 23.6 Å². The van der Waals surface area contributed by atoms with E-state index in [9.17, 15) is 4.79 Å². The highest BCUT2D eigenvalue weighted by molar-refractivity contribution is 6.00. The SMILES string of the molecule is CNc1cc(N)cc(C(=O)N=CN)c1. The molecular weight excluding hydrogens is 180 g/mol. The molecule has 0 aromatic heterocycles. The van der Waals surface area contributed by atoms with Gasteiger partial charge in [0.25, 0.3) is 5.91 Å². The van der Waals surface area contributed by atoms with Gasteiger partial charge in [-0.25, -0.2) is 0 Å². The van der Waals surface area contributed by atoms with Gasteiger partial charge in [0.15, 0.2) is 0 Å². The van der Waals surface area contributed by atoms with Crippen molar-refractivity contribution in [3.05, 3.63) is 23.8 Å². The maximum Gasteiger partial charge on any atom is 0.278 e. The molecule has 0 aliphatic heterocycles. The number of benzene rings is 1. The van der Waals surface area contributed by atoms with E-state index in [1.54, 1.807) is 25.2 Å². The Morgan fingerprint density at radius 3 is 2.79 bits per heavy atom. The van der Waals surface area contributed by atoms with Crippen LogP contribution in [0.2, 0.25) is 0 Å². The quantitative estimate of drug-likeness (QED) is 0.360. The molecule has 1 aromatic carbocycles. The first kappa shape index (κ1) is 10.0. The van der Waals surface area contributed by atoms with Gasteiger partial charge >= 0.3 is 0 Å². The van der Waals surface area contributed by atoms with E-state index in [4.69, 9.17) is 11.5 Å². The molecule has 0 unspecified atom stereocenters. The van der Waals surface area contributed by atoms with E-state index in [0.717, 1.165) is 12.0 Å². The minimum Gasteiger partial charge on any atom is -0.399 e. The summed E-state index contributed by atoms with van der Waals surface area (Å²) in [5, 5.41) is 2.89. The molecule has 0 spiro atoms. The fraction of sp³-hybridized carbons (Fsp3) is 0.111. The second-order valence-corrected chi connectivity index (χ2v) is 2.68. The van der Waals surface area contributed by atoms with E-state index < -0.39 is 5.91 Å². The third kappa shape index (κ3) is 2.22. The van der Waals surface area contributed by atoms with Crippen LogP contribution in [-0.4, -0.2) is 19.3 Å². The molecule has 0 aliphatic carbocycles. The smallest absolute Gasteiger partial charge is 0.278 e. The Morgan fingerprint density at radius 1 is 1.50 bits per heavy atom. The van der Waals surface area contributed by atoms with E-state index in [0.29, 0.717) is 11.3 Å². The lowest BCUT2D eigenvalue weighted by molar-refractivity contribution is 0.100. The molecule has 1 rings (SSSR count). The molecule has 0 saturated heterocycles. The van der Waals surface area contributed by atoms with Crippen molar-refractivity contribution in [3.63, 3.8) is 0 Å². The summed E-state index contributed by atoms with van der Waals surface area (Å²) in [4.78, 5) is 14.7. The Balaban J connectivity index is 3.08. The summed E-state index contributed by atoms with van der Waals surface area (Å²) in [7, 11) is 1.75. The summed E-state index contributed by atoms with van der Waals surface area (Å²) in [6.07, 6.45) is 0.963. The predicted octanol–water partition coefficient (Wildman–Crippen LogP) is 0.438. The van der Waals surface area contributed by atoms with Crippen LogP contribution in [0.25, 0.3) is 0 Å². The average Bonchev–Trinajstić information content (AvgIpc) is 2.17. The van der Waals surface area contributed by atoms with Crippen molar-refractivity contribution in [2.75, 3.05) is 18.1 Å². The van der Waals surface area contributed by atoms with Crippen LogP contribution in [0.5, 0.6) is 0 Å². The number of rotatable bonds is 2. The summed E-state index contributed by atoms with van der Waals surface area (Å²) < 4.78 is 0. The molecule has 1 aromatic rings. The van der Waals surface area contributed by atoms with Crippen molar-refractivity contribution < 1.29 is 4.79 Å². The number of nitrogens with two attached hydrogens (primary N) is 2. The molecule has 1 amide bonds. The molecule has 0 saturated carbocycles. The van der Waals surface area contributed by atoms with E-state index in [1.807, 2.05) is 0 Å². The molecule has 5 nitrogen and oxygen atoms in total. The first-order valence-electron chi connectivity index (χ1n) is 4.04. The Morgan fingerprint density at radius 2 is 2.21 bits per heavy atom. The zero-order valence-corrected chi connectivity index (χ0v) is 7.82. The van der Waals surface area contributed by atoms with E-state index in [2.05, 4.69) is 10.3 Å². The van der Waals surface area contributed by atoms with E-state index in [1.165, 1.54) is 0 Å². The van der Waals surface area contributed by atoms with E-state index in [-0.39, 0.29) is 0 Å². The molecule has 0 aliphatic rings. The lowest BCUT2D eigenvalue weighted by Gasteiger charge is -2.03. The largest absolute Gasteiger partial charge is 0.399 e. The minimum atomic E-state index is -0.406. The molecular formula is C9H12N4O. The number of nitrogen functional groups attached to an aromatic ring is 1. The first-order chi connectivity index (χ1) is 6.67. The molecule has 5 heteroatoms. The summed E-state index contributed by atoms with van der Waals surface area (Å²) >= 11 is 0. The number of amides is 1. The maximum atomic E-state index is 11.3. The lowest BCUT2D eigenvalue weighted by atomic mass is 10.1. The van der Waals surface area contributed by atoms with Crippen LogP contribution in [0.1, 0.15) is 10.4 Å². The second-order valence-electron chi connectivity index (χ2n) is 2.68. The van der Waals surface area contributed by atoms with Crippen LogP contribution < -0.4 is 16.8 Å². The van der Waals surface area contributed by atoms with Crippen LogP contribution in [-0.2, 0) is 0 Å². The van der Waals surface area contributed by atoms with Crippen LogP contribution in [0, 0.1) is 0 Å². The summed E-state index contributed by atoms with van der Waals surface area (Å²) in [6, 6.07) is 4.94. The molecule has 0 atom stereocenters. The highest BCUT2D eigenvalue weighted by atomic mass is 16.1. The van der Waals surface area contributed by atoms with Crippen LogP contribution >= 0.6 is 0 Å². The van der Waals surface area contributed by atoms with Gasteiger partial charge in [0, 0.05) is 24.0 Å². The number of anilines is 2. The van der Waals surface area contributed by atoms with Crippen molar-refractivity contribution in [2.45, 2.75) is 0 Å². The highest BCUT2D eigenvalue weighted by Gasteiger charge is 2.05. The Kier molecular flexibility index (Phi) is 3.06. The van der Waals surface area contributed by atoms with E-state index >= 15 is 0 Å². The maximum absolute atomic E-state index is 11.3. The highest BCUT2D eigenvalue weighted by Crippen LogP contribution is 2.16. The van der Waals surface area contributed by atoms with Gasteiger partial charge in [-0.05, 0) is 18.2 Å². The third-order valence-electron chi connectivity index (χ3n) is 1.68. The molecule has 74 valence electrons. The average molecular weight is 192 g/mol. The normalized spacial score (nSPS) is 10.4. The summed E-state index contributed by atoms with van der Waals surface area (Å²) in [5.74, 6) is -0.406. The Bertz CT molecular complexity index is 373. The van der Waals surface area contributed by atoms with Gasteiger partial charge in [-0.3, -0.25) is 4.79 Å². The molecule has 5 N–H and O–H groups in total. The van der Waals surface area contributed by atoms with Gasteiger partial charge in [-0.15, -0.1) is 0 Å². The van der Waals surface area contributed by atoms with Crippen LogP contribution in [0.3, 0.4) is 0 Å². The van der Waals surface area contributed by atoms with Crippen molar-refractivity contribution in [1.29, 1.82) is 0 Å². The fourth-order valence-corrected chi connectivity index (χ4v) is 1.06. The lowest BCUT2D eigenvalue weighted by Crippen LogP contribution is -2.02. The number of nitrogens with one attached hydrogen (secondary N) is 1. The first-order valence-corrected chi connectivity index (χ1v) is 4.04. The molecule has 0 heterocycles. The van der Waals surface area contributed by atoms with Crippen molar-refractivity contribution in [1.82, 2.24) is 0 Å².